The van der Waals surface area contributed by atoms with Gasteiger partial charge in [-0.1, -0.05) is 0 Å². The van der Waals surface area contributed by atoms with Gasteiger partial charge in [-0.25, -0.2) is 9.59 Å². The molecular formula is C16H16N4O4. The molecule has 8 heteroatoms. The zero-order chi connectivity index (χ0) is 17.9. The summed E-state index contributed by atoms with van der Waals surface area (Å²) in [5, 5.41) is 9.42. The summed E-state index contributed by atoms with van der Waals surface area (Å²) >= 11 is 0. The van der Waals surface area contributed by atoms with Gasteiger partial charge >= 0.3 is 12.0 Å². The van der Waals surface area contributed by atoms with E-state index in [1.54, 1.807) is 13.0 Å². The van der Waals surface area contributed by atoms with E-state index in [1.807, 2.05) is 0 Å². The summed E-state index contributed by atoms with van der Waals surface area (Å²) in [5.74, 6) is -1.84. The van der Waals surface area contributed by atoms with E-state index in [0.717, 1.165) is 4.90 Å². The van der Waals surface area contributed by atoms with Gasteiger partial charge in [-0.15, -0.1) is 0 Å². The molecule has 0 radical (unpaired) electrons. The van der Waals surface area contributed by atoms with Crippen molar-refractivity contribution in [3.05, 3.63) is 53.3 Å². The number of pyridine rings is 1. The Hall–Kier alpha value is -3.42. The molecule has 0 atom stereocenters. The van der Waals surface area contributed by atoms with Crippen LogP contribution in [0, 0.1) is 0 Å². The van der Waals surface area contributed by atoms with Crippen molar-refractivity contribution in [1.29, 1.82) is 0 Å². The first kappa shape index (κ1) is 16.9. The van der Waals surface area contributed by atoms with Crippen LogP contribution in [0.4, 0.5) is 16.2 Å². The highest BCUT2D eigenvalue weighted by Crippen LogP contribution is 2.32. The quantitative estimate of drug-likeness (QED) is 0.561. The number of anilines is 2. The summed E-state index contributed by atoms with van der Waals surface area (Å²) in [7, 11) is 0. The number of aromatic nitrogens is 1. The molecule has 0 spiro atoms. The number of nitrogens with zero attached hydrogens (tertiary/aromatic N) is 2. The number of rotatable bonds is 5. The van der Waals surface area contributed by atoms with Crippen LogP contribution in [0.5, 0.6) is 0 Å². The number of carboxylic acid groups (broad SMARTS) is 1. The number of hydrogen-bond donors (Lipinski definition) is 3. The highest BCUT2D eigenvalue weighted by atomic mass is 16.4. The molecule has 2 aromatic rings. The van der Waals surface area contributed by atoms with Gasteiger partial charge < -0.3 is 16.6 Å². The van der Waals surface area contributed by atoms with Crippen LogP contribution < -0.4 is 16.4 Å². The zero-order valence-electron chi connectivity index (χ0n) is 12.9. The molecule has 8 nitrogen and oxygen atoms in total. The van der Waals surface area contributed by atoms with E-state index in [1.165, 1.54) is 30.6 Å². The number of benzene rings is 1. The zero-order valence-corrected chi connectivity index (χ0v) is 12.9. The van der Waals surface area contributed by atoms with Crippen molar-refractivity contribution >= 4 is 29.2 Å². The molecule has 0 aliphatic carbocycles. The predicted octanol–water partition coefficient (Wildman–Crippen LogP) is 1.50. The average molecular weight is 328 g/mol. The van der Waals surface area contributed by atoms with Crippen LogP contribution in [-0.2, 0) is 0 Å². The third kappa shape index (κ3) is 3.02. The first-order chi connectivity index (χ1) is 11.4. The lowest BCUT2D eigenvalue weighted by Crippen LogP contribution is -2.38. The van der Waals surface area contributed by atoms with Gasteiger partial charge in [0.25, 0.3) is 0 Å². The fraction of sp³-hybridized carbons (Fsp3) is 0.125. The SMILES string of the molecule is CCN(C(N)=O)c1c(C(=O)O)ccc(N)c1C(=O)c1cccnc1. The summed E-state index contributed by atoms with van der Waals surface area (Å²) in [4.78, 5) is 40.9. The predicted molar refractivity (Wildman–Crippen MR) is 88.1 cm³/mol. The Kier molecular flexibility index (Phi) is 4.78. The van der Waals surface area contributed by atoms with Gasteiger partial charge in [-0.05, 0) is 31.2 Å². The van der Waals surface area contributed by atoms with Crippen LogP contribution >= 0.6 is 0 Å². The lowest BCUT2D eigenvalue weighted by Gasteiger charge is -2.24. The van der Waals surface area contributed by atoms with Crippen LogP contribution in [0.25, 0.3) is 0 Å². The van der Waals surface area contributed by atoms with Crippen LogP contribution in [-0.4, -0.2) is 34.4 Å². The van der Waals surface area contributed by atoms with Crippen molar-refractivity contribution in [1.82, 2.24) is 4.98 Å². The summed E-state index contributed by atoms with van der Waals surface area (Å²) in [6.45, 7) is 1.68. The van der Waals surface area contributed by atoms with E-state index < -0.39 is 17.8 Å². The Labute approximate surface area is 137 Å². The summed E-state index contributed by atoms with van der Waals surface area (Å²) in [5.41, 5.74) is 11.1. The Morgan fingerprint density at radius 3 is 2.46 bits per heavy atom. The summed E-state index contributed by atoms with van der Waals surface area (Å²) in [6.07, 6.45) is 2.83. The molecule has 1 aromatic carbocycles. The van der Waals surface area contributed by atoms with E-state index in [9.17, 15) is 19.5 Å². The number of urea groups is 1. The maximum atomic E-state index is 12.8. The lowest BCUT2D eigenvalue weighted by atomic mass is 9.96. The highest BCUT2D eigenvalue weighted by molar-refractivity contribution is 6.19. The fourth-order valence-corrected chi connectivity index (χ4v) is 2.36. The van der Waals surface area contributed by atoms with Crippen LogP contribution in [0.3, 0.4) is 0 Å². The number of primary amides is 1. The van der Waals surface area contributed by atoms with Crippen LogP contribution in [0.1, 0.15) is 33.2 Å². The molecule has 2 rings (SSSR count). The van der Waals surface area contributed by atoms with Crippen molar-refractivity contribution in [2.45, 2.75) is 6.92 Å². The van der Waals surface area contributed by atoms with Gasteiger partial charge in [0.05, 0.1) is 16.8 Å². The smallest absolute Gasteiger partial charge is 0.337 e. The molecule has 0 saturated heterocycles. The van der Waals surface area contributed by atoms with Crippen molar-refractivity contribution in [2.24, 2.45) is 5.73 Å². The number of aromatic carboxylic acids is 1. The molecule has 0 saturated carbocycles. The molecule has 0 aliphatic rings. The van der Waals surface area contributed by atoms with E-state index in [0.29, 0.717) is 0 Å². The van der Waals surface area contributed by atoms with Gasteiger partial charge in [0.2, 0.25) is 0 Å². The van der Waals surface area contributed by atoms with Gasteiger partial charge in [-0.3, -0.25) is 14.7 Å². The van der Waals surface area contributed by atoms with Gasteiger partial charge in [0, 0.05) is 30.2 Å². The standard InChI is InChI=1S/C16H16N4O4/c1-2-20(16(18)24)13-10(15(22)23)5-6-11(17)12(13)14(21)9-4-3-7-19-8-9/h3-8H,2,17H2,1H3,(H2,18,24)(H,22,23). The number of carbonyl (C=O) groups is 3. The number of carbonyl (C=O) groups excluding carboxylic acids is 2. The van der Waals surface area contributed by atoms with Crippen LogP contribution in [0.2, 0.25) is 0 Å². The minimum atomic E-state index is -1.30. The second-order valence-corrected chi connectivity index (χ2v) is 4.88. The lowest BCUT2D eigenvalue weighted by molar-refractivity contribution is 0.0697. The number of carboxylic acids is 1. The number of ketones is 1. The maximum Gasteiger partial charge on any atom is 0.337 e. The number of nitrogen functional groups attached to an aromatic ring is 1. The number of nitrogens with two attached hydrogens (primary N) is 2. The van der Waals surface area contributed by atoms with Crippen molar-refractivity contribution < 1.29 is 19.5 Å². The summed E-state index contributed by atoms with van der Waals surface area (Å²) in [6, 6.07) is 4.75. The molecular weight excluding hydrogens is 312 g/mol. The third-order valence-corrected chi connectivity index (χ3v) is 3.44. The largest absolute Gasteiger partial charge is 0.478 e. The highest BCUT2D eigenvalue weighted by Gasteiger charge is 2.28. The first-order valence-corrected chi connectivity index (χ1v) is 7.05. The Morgan fingerprint density at radius 1 is 1.25 bits per heavy atom. The summed E-state index contributed by atoms with van der Waals surface area (Å²) < 4.78 is 0. The fourth-order valence-electron chi connectivity index (χ4n) is 2.36. The Balaban J connectivity index is 2.78. The third-order valence-electron chi connectivity index (χ3n) is 3.44. The molecule has 1 aromatic heterocycles. The molecule has 0 bridgehead atoms. The molecule has 5 N–H and O–H groups in total. The first-order valence-electron chi connectivity index (χ1n) is 7.05. The number of hydrogen-bond acceptors (Lipinski definition) is 5. The van der Waals surface area contributed by atoms with Gasteiger partial charge in [0.15, 0.2) is 5.78 Å². The minimum absolute atomic E-state index is 0.0450. The molecule has 124 valence electrons. The van der Waals surface area contributed by atoms with Crippen molar-refractivity contribution in [2.75, 3.05) is 17.2 Å². The monoisotopic (exact) mass is 328 g/mol. The van der Waals surface area contributed by atoms with Gasteiger partial charge in [0.1, 0.15) is 0 Å². The second kappa shape index (κ2) is 6.78. The average Bonchev–Trinajstić information content (AvgIpc) is 2.55. The van der Waals surface area contributed by atoms with E-state index in [2.05, 4.69) is 4.98 Å². The molecule has 0 aliphatic heterocycles. The topological polar surface area (TPSA) is 140 Å². The number of amides is 2. The molecule has 0 fully saturated rings. The van der Waals surface area contributed by atoms with E-state index in [4.69, 9.17) is 11.5 Å². The van der Waals surface area contributed by atoms with E-state index >= 15 is 0 Å². The molecule has 0 unspecified atom stereocenters. The van der Waals surface area contributed by atoms with Crippen molar-refractivity contribution in [3.8, 4) is 0 Å². The molecule has 2 amide bonds. The minimum Gasteiger partial charge on any atom is -0.478 e. The van der Waals surface area contributed by atoms with Crippen molar-refractivity contribution in [3.63, 3.8) is 0 Å². The second-order valence-electron chi connectivity index (χ2n) is 4.88. The maximum absolute atomic E-state index is 12.8. The Morgan fingerprint density at radius 2 is 1.96 bits per heavy atom. The van der Waals surface area contributed by atoms with Gasteiger partial charge in [-0.2, -0.15) is 0 Å². The van der Waals surface area contributed by atoms with E-state index in [-0.39, 0.29) is 34.6 Å². The molecule has 24 heavy (non-hydrogen) atoms. The van der Waals surface area contributed by atoms with Crippen LogP contribution in [0.15, 0.2) is 36.7 Å². The normalized spacial score (nSPS) is 10.2. The molecule has 1 heterocycles. The Bertz CT molecular complexity index is 805.